The lowest BCUT2D eigenvalue weighted by Gasteiger charge is -2.15. The van der Waals surface area contributed by atoms with Crippen LogP contribution in [0.2, 0.25) is 0 Å². The highest BCUT2D eigenvalue weighted by molar-refractivity contribution is 5.95. The van der Waals surface area contributed by atoms with E-state index in [1.54, 1.807) is 12.4 Å². The second-order valence-corrected chi connectivity index (χ2v) is 3.95. The molecule has 1 unspecified atom stereocenters. The van der Waals surface area contributed by atoms with Crippen molar-refractivity contribution in [3.05, 3.63) is 24.0 Å². The first kappa shape index (κ1) is 11.7. The first-order valence-electron chi connectivity index (χ1n) is 4.99. The molecule has 1 aromatic heterocycles. The van der Waals surface area contributed by atoms with E-state index < -0.39 is 6.04 Å². The number of nitrogens with zero attached hydrogens (tertiary/aromatic N) is 1. The molecule has 1 atom stereocenters. The summed E-state index contributed by atoms with van der Waals surface area (Å²) in [7, 11) is 0. The summed E-state index contributed by atoms with van der Waals surface area (Å²) < 4.78 is 0. The summed E-state index contributed by atoms with van der Waals surface area (Å²) in [6, 6.07) is 1.36. The fraction of sp³-hybridized carbons (Fsp3) is 0.455. The summed E-state index contributed by atoms with van der Waals surface area (Å²) >= 11 is 0. The molecule has 0 aliphatic carbocycles. The zero-order chi connectivity index (χ0) is 11.4. The van der Waals surface area contributed by atoms with E-state index in [2.05, 4.69) is 10.3 Å². The number of carbonyl (C=O) groups is 1. The predicted molar refractivity (Wildman–Crippen MR) is 60.4 cm³/mol. The molecule has 0 spiro atoms. The Bertz CT molecular complexity index is 349. The monoisotopic (exact) mass is 207 g/mol. The van der Waals surface area contributed by atoms with Gasteiger partial charge in [-0.15, -0.1) is 0 Å². The highest BCUT2D eigenvalue weighted by Crippen LogP contribution is 2.12. The quantitative estimate of drug-likeness (QED) is 0.785. The summed E-state index contributed by atoms with van der Waals surface area (Å²) in [6.45, 7) is 5.75. The standard InChI is InChI=1S/C11H17N3O/c1-7(2)10(12)11(15)14-9-6-13-5-4-8(9)3/h4-7,10H,12H2,1-3H3,(H,14,15). The van der Waals surface area contributed by atoms with Crippen molar-refractivity contribution < 1.29 is 4.79 Å². The van der Waals surface area contributed by atoms with Crippen molar-refractivity contribution in [2.45, 2.75) is 26.8 Å². The van der Waals surface area contributed by atoms with Crippen molar-refractivity contribution in [1.29, 1.82) is 0 Å². The molecule has 0 aliphatic rings. The molecule has 1 rings (SSSR count). The molecule has 1 amide bonds. The molecule has 0 radical (unpaired) electrons. The third-order valence-electron chi connectivity index (χ3n) is 2.32. The second kappa shape index (κ2) is 4.89. The van der Waals surface area contributed by atoms with E-state index in [-0.39, 0.29) is 11.8 Å². The number of rotatable bonds is 3. The number of nitrogens with two attached hydrogens (primary N) is 1. The fourth-order valence-electron chi connectivity index (χ4n) is 1.11. The predicted octanol–water partition coefficient (Wildman–Crippen LogP) is 1.31. The Hall–Kier alpha value is -1.42. The van der Waals surface area contributed by atoms with E-state index in [0.29, 0.717) is 0 Å². The van der Waals surface area contributed by atoms with Gasteiger partial charge in [-0.2, -0.15) is 0 Å². The molecule has 1 heterocycles. The summed E-state index contributed by atoms with van der Waals surface area (Å²) in [5.41, 5.74) is 7.43. The smallest absolute Gasteiger partial charge is 0.241 e. The normalized spacial score (nSPS) is 12.6. The van der Waals surface area contributed by atoms with Crippen LogP contribution in [-0.2, 0) is 4.79 Å². The number of pyridine rings is 1. The van der Waals surface area contributed by atoms with Crippen LogP contribution in [0.15, 0.2) is 18.5 Å². The number of hydrogen-bond donors (Lipinski definition) is 2. The molecule has 4 heteroatoms. The molecule has 0 saturated heterocycles. The lowest BCUT2D eigenvalue weighted by Crippen LogP contribution is -2.39. The maximum Gasteiger partial charge on any atom is 0.241 e. The van der Waals surface area contributed by atoms with Crippen molar-refractivity contribution in [2.75, 3.05) is 5.32 Å². The van der Waals surface area contributed by atoms with E-state index in [1.807, 2.05) is 26.8 Å². The van der Waals surface area contributed by atoms with Crippen LogP contribution in [0.25, 0.3) is 0 Å². The van der Waals surface area contributed by atoms with Gasteiger partial charge in [0.1, 0.15) is 0 Å². The zero-order valence-electron chi connectivity index (χ0n) is 9.32. The molecule has 0 aromatic carbocycles. The van der Waals surface area contributed by atoms with Gasteiger partial charge in [0.05, 0.1) is 17.9 Å². The summed E-state index contributed by atoms with van der Waals surface area (Å²) in [6.07, 6.45) is 3.31. The van der Waals surface area contributed by atoms with Crippen LogP contribution < -0.4 is 11.1 Å². The van der Waals surface area contributed by atoms with Crippen LogP contribution in [0.1, 0.15) is 19.4 Å². The Kier molecular flexibility index (Phi) is 3.80. The van der Waals surface area contributed by atoms with E-state index >= 15 is 0 Å². The summed E-state index contributed by atoms with van der Waals surface area (Å²) in [5, 5.41) is 2.76. The van der Waals surface area contributed by atoms with Crippen molar-refractivity contribution in [3.63, 3.8) is 0 Å². The van der Waals surface area contributed by atoms with Gasteiger partial charge in [0.2, 0.25) is 5.91 Å². The van der Waals surface area contributed by atoms with Crippen molar-refractivity contribution in [3.8, 4) is 0 Å². The van der Waals surface area contributed by atoms with Gasteiger partial charge in [-0.3, -0.25) is 9.78 Å². The van der Waals surface area contributed by atoms with Gasteiger partial charge < -0.3 is 11.1 Å². The van der Waals surface area contributed by atoms with E-state index in [1.165, 1.54) is 0 Å². The highest BCUT2D eigenvalue weighted by atomic mass is 16.2. The molecule has 4 nitrogen and oxygen atoms in total. The number of aryl methyl sites for hydroxylation is 1. The second-order valence-electron chi connectivity index (χ2n) is 3.95. The van der Waals surface area contributed by atoms with Crippen LogP contribution >= 0.6 is 0 Å². The minimum Gasteiger partial charge on any atom is -0.323 e. The lowest BCUT2D eigenvalue weighted by atomic mass is 10.0. The molecule has 0 fully saturated rings. The number of nitrogens with one attached hydrogen (secondary N) is 1. The topological polar surface area (TPSA) is 68.0 Å². The van der Waals surface area contributed by atoms with Crippen LogP contribution in [0, 0.1) is 12.8 Å². The SMILES string of the molecule is Cc1ccncc1NC(=O)C(N)C(C)C. The molecular formula is C11H17N3O. The number of aromatic nitrogens is 1. The Balaban J connectivity index is 2.71. The van der Waals surface area contributed by atoms with Gasteiger partial charge in [-0.05, 0) is 24.5 Å². The number of hydrogen-bond acceptors (Lipinski definition) is 3. The van der Waals surface area contributed by atoms with Gasteiger partial charge in [-0.1, -0.05) is 13.8 Å². The Morgan fingerprint density at radius 3 is 2.73 bits per heavy atom. The molecule has 0 saturated carbocycles. The Morgan fingerprint density at radius 1 is 1.53 bits per heavy atom. The maximum absolute atomic E-state index is 11.6. The largest absolute Gasteiger partial charge is 0.323 e. The molecular weight excluding hydrogens is 190 g/mol. The van der Waals surface area contributed by atoms with Gasteiger partial charge in [-0.25, -0.2) is 0 Å². The maximum atomic E-state index is 11.6. The minimum atomic E-state index is -0.482. The minimum absolute atomic E-state index is 0.127. The first-order valence-corrected chi connectivity index (χ1v) is 4.99. The van der Waals surface area contributed by atoms with E-state index in [9.17, 15) is 4.79 Å². The number of amides is 1. The third kappa shape index (κ3) is 3.02. The molecule has 0 bridgehead atoms. The number of carbonyl (C=O) groups excluding carboxylic acids is 1. The molecule has 15 heavy (non-hydrogen) atoms. The fourth-order valence-corrected chi connectivity index (χ4v) is 1.11. The van der Waals surface area contributed by atoms with Crippen LogP contribution in [0.5, 0.6) is 0 Å². The third-order valence-corrected chi connectivity index (χ3v) is 2.32. The molecule has 82 valence electrons. The zero-order valence-corrected chi connectivity index (χ0v) is 9.32. The Labute approximate surface area is 89.9 Å². The molecule has 0 aliphatic heterocycles. The van der Waals surface area contributed by atoms with Gasteiger partial charge in [0, 0.05) is 6.20 Å². The summed E-state index contributed by atoms with van der Waals surface area (Å²) in [4.78, 5) is 15.6. The van der Waals surface area contributed by atoms with E-state index in [4.69, 9.17) is 5.73 Å². The Morgan fingerprint density at radius 2 is 2.20 bits per heavy atom. The van der Waals surface area contributed by atoms with Gasteiger partial charge >= 0.3 is 0 Å². The first-order chi connectivity index (χ1) is 7.02. The highest BCUT2D eigenvalue weighted by Gasteiger charge is 2.17. The lowest BCUT2D eigenvalue weighted by molar-refractivity contribution is -0.118. The van der Waals surface area contributed by atoms with Crippen molar-refractivity contribution in [2.24, 2.45) is 11.7 Å². The van der Waals surface area contributed by atoms with Crippen molar-refractivity contribution in [1.82, 2.24) is 4.98 Å². The summed E-state index contributed by atoms with van der Waals surface area (Å²) in [5.74, 6) is -0.0388. The number of anilines is 1. The average Bonchev–Trinajstić information content (AvgIpc) is 2.20. The molecule has 3 N–H and O–H groups in total. The van der Waals surface area contributed by atoms with Gasteiger partial charge in [0.15, 0.2) is 0 Å². The van der Waals surface area contributed by atoms with Crippen LogP contribution in [0.3, 0.4) is 0 Å². The van der Waals surface area contributed by atoms with Crippen molar-refractivity contribution >= 4 is 11.6 Å². The van der Waals surface area contributed by atoms with E-state index in [0.717, 1.165) is 11.3 Å². The van der Waals surface area contributed by atoms with Crippen LogP contribution in [0.4, 0.5) is 5.69 Å². The van der Waals surface area contributed by atoms with Gasteiger partial charge in [0.25, 0.3) is 0 Å². The molecule has 1 aromatic rings. The average molecular weight is 207 g/mol. The van der Waals surface area contributed by atoms with Crippen LogP contribution in [-0.4, -0.2) is 16.9 Å².